The van der Waals surface area contributed by atoms with Gasteiger partial charge in [-0.2, -0.15) is 5.10 Å². The van der Waals surface area contributed by atoms with Gasteiger partial charge in [-0.1, -0.05) is 6.92 Å². The standard InChI is InChI=1S/C17H21N3O2S/c1-5-13-12-7-9-23-14(12)6-8-20(13)17(22)16(21)15-10(2)18-19(4)11(15)3/h7,9,13H,5-6,8H2,1-4H3. The lowest BCUT2D eigenvalue weighted by atomic mass is 9.96. The molecule has 5 nitrogen and oxygen atoms in total. The number of hydrogen-bond acceptors (Lipinski definition) is 4. The highest BCUT2D eigenvalue weighted by Gasteiger charge is 2.35. The molecule has 0 radical (unpaired) electrons. The van der Waals surface area contributed by atoms with E-state index in [4.69, 9.17) is 0 Å². The predicted octanol–water partition coefficient (Wildman–Crippen LogP) is 2.82. The highest BCUT2D eigenvalue weighted by atomic mass is 32.1. The normalized spacial score (nSPS) is 17.2. The average molecular weight is 331 g/mol. The first kappa shape index (κ1) is 15.9. The van der Waals surface area contributed by atoms with Crippen molar-refractivity contribution in [1.29, 1.82) is 0 Å². The van der Waals surface area contributed by atoms with Crippen molar-refractivity contribution in [2.45, 2.75) is 39.7 Å². The molecular formula is C17H21N3O2S. The van der Waals surface area contributed by atoms with Crippen molar-refractivity contribution < 1.29 is 9.59 Å². The van der Waals surface area contributed by atoms with Crippen LogP contribution in [-0.2, 0) is 18.3 Å². The quantitative estimate of drug-likeness (QED) is 0.642. The highest BCUT2D eigenvalue weighted by Crippen LogP contribution is 2.35. The van der Waals surface area contributed by atoms with E-state index in [9.17, 15) is 9.59 Å². The van der Waals surface area contributed by atoms with Crippen LogP contribution in [0.5, 0.6) is 0 Å². The third-order valence-corrected chi connectivity index (χ3v) is 5.67. The summed E-state index contributed by atoms with van der Waals surface area (Å²) in [5.74, 6) is -0.849. The zero-order chi connectivity index (χ0) is 16.7. The number of aromatic nitrogens is 2. The summed E-state index contributed by atoms with van der Waals surface area (Å²) in [4.78, 5) is 28.7. The first-order valence-corrected chi connectivity index (χ1v) is 8.75. The Morgan fingerprint density at radius 3 is 2.74 bits per heavy atom. The van der Waals surface area contributed by atoms with Crippen LogP contribution >= 0.6 is 11.3 Å². The van der Waals surface area contributed by atoms with Crippen LogP contribution in [0.3, 0.4) is 0 Å². The van der Waals surface area contributed by atoms with Gasteiger partial charge < -0.3 is 4.90 Å². The first-order chi connectivity index (χ1) is 11.0. The number of Topliss-reactive ketones (excluding diaryl/α,β-unsaturated/α-hetero) is 1. The molecule has 1 unspecified atom stereocenters. The van der Waals surface area contributed by atoms with Gasteiger partial charge in [0.25, 0.3) is 11.7 Å². The number of thiophene rings is 1. The molecule has 1 atom stereocenters. The molecule has 0 N–H and O–H groups in total. The molecule has 3 rings (SSSR count). The maximum absolute atomic E-state index is 12.9. The van der Waals surface area contributed by atoms with Crippen molar-refractivity contribution in [3.05, 3.63) is 38.8 Å². The Balaban J connectivity index is 1.92. The minimum Gasteiger partial charge on any atom is -0.328 e. The zero-order valence-corrected chi connectivity index (χ0v) is 14.7. The fraction of sp³-hybridized carbons (Fsp3) is 0.471. The fourth-order valence-corrected chi connectivity index (χ4v) is 4.35. The van der Waals surface area contributed by atoms with Crippen molar-refractivity contribution >= 4 is 23.0 Å². The summed E-state index contributed by atoms with van der Waals surface area (Å²) in [6.07, 6.45) is 1.64. The third-order valence-electron chi connectivity index (χ3n) is 4.67. The van der Waals surface area contributed by atoms with E-state index in [1.54, 1.807) is 34.9 Å². The Labute approximate surface area is 139 Å². The van der Waals surface area contributed by atoms with Crippen molar-refractivity contribution in [2.75, 3.05) is 6.54 Å². The first-order valence-electron chi connectivity index (χ1n) is 7.87. The van der Waals surface area contributed by atoms with Gasteiger partial charge in [-0.3, -0.25) is 14.3 Å². The molecule has 0 fully saturated rings. The molecule has 122 valence electrons. The van der Waals surface area contributed by atoms with Gasteiger partial charge in [0.15, 0.2) is 0 Å². The molecule has 23 heavy (non-hydrogen) atoms. The van der Waals surface area contributed by atoms with E-state index < -0.39 is 11.7 Å². The summed E-state index contributed by atoms with van der Waals surface area (Å²) in [7, 11) is 1.79. The Kier molecular flexibility index (Phi) is 4.10. The second kappa shape index (κ2) is 5.92. The van der Waals surface area contributed by atoms with Crippen LogP contribution in [0.2, 0.25) is 0 Å². The Morgan fingerprint density at radius 2 is 2.13 bits per heavy atom. The minimum absolute atomic E-state index is 0.00117. The van der Waals surface area contributed by atoms with Crippen LogP contribution in [0.25, 0.3) is 0 Å². The molecule has 0 aromatic carbocycles. The zero-order valence-electron chi connectivity index (χ0n) is 13.9. The molecule has 1 aliphatic heterocycles. The molecule has 6 heteroatoms. The summed E-state index contributed by atoms with van der Waals surface area (Å²) in [5, 5.41) is 6.32. The summed E-state index contributed by atoms with van der Waals surface area (Å²) in [6.45, 7) is 6.26. The van der Waals surface area contributed by atoms with E-state index in [0.29, 0.717) is 17.8 Å². The largest absolute Gasteiger partial charge is 0.328 e. The number of aryl methyl sites for hydroxylation is 2. The number of carbonyl (C=O) groups excluding carboxylic acids is 2. The van der Waals surface area contributed by atoms with Crippen LogP contribution in [0.4, 0.5) is 0 Å². The number of nitrogens with zero attached hydrogens (tertiary/aromatic N) is 3. The monoisotopic (exact) mass is 331 g/mol. The van der Waals surface area contributed by atoms with E-state index >= 15 is 0 Å². The molecule has 0 aliphatic carbocycles. The molecule has 1 amide bonds. The van der Waals surface area contributed by atoms with Gasteiger partial charge in [-0.25, -0.2) is 0 Å². The summed E-state index contributed by atoms with van der Waals surface area (Å²) >= 11 is 1.74. The van der Waals surface area contributed by atoms with E-state index in [-0.39, 0.29) is 6.04 Å². The smallest absolute Gasteiger partial charge is 0.295 e. The second-order valence-corrected chi connectivity index (χ2v) is 6.97. The number of ketones is 1. The van der Waals surface area contributed by atoms with Gasteiger partial charge in [0.05, 0.1) is 17.3 Å². The van der Waals surface area contributed by atoms with Crippen molar-refractivity contribution in [3.63, 3.8) is 0 Å². The van der Waals surface area contributed by atoms with Gasteiger partial charge >= 0.3 is 0 Å². The summed E-state index contributed by atoms with van der Waals surface area (Å²) in [5.41, 5.74) is 3.00. The molecule has 1 aliphatic rings. The maximum Gasteiger partial charge on any atom is 0.295 e. The van der Waals surface area contributed by atoms with Gasteiger partial charge in [0, 0.05) is 24.2 Å². The van der Waals surface area contributed by atoms with Gasteiger partial charge in [0.1, 0.15) is 0 Å². The van der Waals surface area contributed by atoms with Crippen molar-refractivity contribution in [1.82, 2.24) is 14.7 Å². The molecule has 3 heterocycles. The van der Waals surface area contributed by atoms with Crippen LogP contribution in [0.1, 0.15) is 51.6 Å². The van der Waals surface area contributed by atoms with Crippen LogP contribution < -0.4 is 0 Å². The summed E-state index contributed by atoms with van der Waals surface area (Å²) in [6, 6.07) is 2.08. The van der Waals surface area contributed by atoms with E-state index in [0.717, 1.165) is 18.5 Å². The van der Waals surface area contributed by atoms with Crippen LogP contribution in [-0.4, -0.2) is 32.9 Å². The second-order valence-electron chi connectivity index (χ2n) is 5.97. The number of carbonyl (C=O) groups is 2. The average Bonchev–Trinajstić information content (AvgIpc) is 3.10. The Bertz CT molecular complexity index is 775. The SMILES string of the molecule is CCC1c2ccsc2CCN1C(=O)C(=O)c1c(C)nn(C)c1C. The molecule has 2 aromatic heterocycles. The van der Waals surface area contributed by atoms with Gasteiger partial charge in [-0.05, 0) is 43.7 Å². The molecule has 0 bridgehead atoms. The summed E-state index contributed by atoms with van der Waals surface area (Å²) < 4.78 is 1.65. The topological polar surface area (TPSA) is 55.2 Å². The Morgan fingerprint density at radius 1 is 1.39 bits per heavy atom. The molecule has 0 saturated carbocycles. The van der Waals surface area contributed by atoms with Crippen molar-refractivity contribution in [2.24, 2.45) is 7.05 Å². The highest BCUT2D eigenvalue weighted by molar-refractivity contribution is 7.10. The van der Waals surface area contributed by atoms with Crippen LogP contribution in [0.15, 0.2) is 11.4 Å². The lowest BCUT2D eigenvalue weighted by Gasteiger charge is -2.35. The van der Waals surface area contributed by atoms with E-state index in [1.807, 2.05) is 6.92 Å². The number of fused-ring (bicyclic) bond motifs is 1. The van der Waals surface area contributed by atoms with Gasteiger partial charge in [0.2, 0.25) is 0 Å². The lowest BCUT2D eigenvalue weighted by Crippen LogP contribution is -2.43. The molecule has 2 aromatic rings. The number of rotatable bonds is 3. The number of hydrogen-bond donors (Lipinski definition) is 0. The minimum atomic E-state index is -0.440. The third kappa shape index (κ3) is 2.51. The molecular weight excluding hydrogens is 310 g/mol. The van der Waals surface area contributed by atoms with Crippen LogP contribution in [0, 0.1) is 13.8 Å². The molecule has 0 spiro atoms. The number of amides is 1. The van der Waals surface area contributed by atoms with Crippen molar-refractivity contribution in [3.8, 4) is 0 Å². The Hall–Kier alpha value is -1.95. The fourth-order valence-electron chi connectivity index (χ4n) is 3.42. The van der Waals surface area contributed by atoms with Gasteiger partial charge in [-0.15, -0.1) is 11.3 Å². The van der Waals surface area contributed by atoms with E-state index in [1.165, 1.54) is 10.4 Å². The molecule has 0 saturated heterocycles. The lowest BCUT2D eigenvalue weighted by molar-refractivity contribution is -0.129. The maximum atomic E-state index is 12.9. The predicted molar refractivity (Wildman–Crippen MR) is 89.8 cm³/mol. The van der Waals surface area contributed by atoms with E-state index in [2.05, 4.69) is 23.5 Å².